The van der Waals surface area contributed by atoms with Gasteiger partial charge >= 0.3 is 6.09 Å². The summed E-state index contributed by atoms with van der Waals surface area (Å²) in [5.41, 5.74) is 0.818. The summed E-state index contributed by atoms with van der Waals surface area (Å²) in [4.78, 5) is 53.9. The Morgan fingerprint density at radius 2 is 2.00 bits per heavy atom. The minimum absolute atomic E-state index is 0.00860. The predicted molar refractivity (Wildman–Crippen MR) is 109 cm³/mol. The van der Waals surface area contributed by atoms with Crippen molar-refractivity contribution < 1.29 is 28.3 Å². The average Bonchev–Trinajstić information content (AvgIpc) is 3.21. The molecule has 0 aliphatic carbocycles. The summed E-state index contributed by atoms with van der Waals surface area (Å²) in [5, 5.41) is 5.03. The third kappa shape index (κ3) is 6.00. The molecule has 1 aliphatic heterocycles. The number of carbonyl (C=O) groups excluding carboxylic acids is 4. The summed E-state index contributed by atoms with van der Waals surface area (Å²) in [7, 11) is 0. The number of fused-ring (bicyclic) bond motifs is 2. The van der Waals surface area contributed by atoms with Crippen LogP contribution in [0, 0.1) is 11.8 Å². The van der Waals surface area contributed by atoms with Gasteiger partial charge in [-0.3, -0.25) is 14.4 Å². The van der Waals surface area contributed by atoms with E-state index >= 15 is 0 Å². The molecule has 0 fully saturated rings. The van der Waals surface area contributed by atoms with E-state index in [0.717, 1.165) is 5.56 Å². The molecule has 0 saturated heterocycles. The number of amides is 2. The highest BCUT2D eigenvalue weighted by Crippen LogP contribution is 2.19. The molecule has 1 aliphatic rings. The van der Waals surface area contributed by atoms with Crippen LogP contribution in [0.3, 0.4) is 0 Å². The van der Waals surface area contributed by atoms with E-state index in [1.165, 1.54) is 6.20 Å². The number of rotatable bonds is 7. The van der Waals surface area contributed by atoms with Crippen molar-refractivity contribution in [1.82, 2.24) is 15.6 Å². The van der Waals surface area contributed by atoms with Gasteiger partial charge in [0.25, 0.3) is 5.91 Å². The maximum absolute atomic E-state index is 13.0. The standard InChI is InChI=1S/C22H25N3O6/c1-13(2)19(25-22(29)30-12-14-6-4-3-5-7-14)17(26)9-15-8-16-10-23-18(31-16)11-24-21(28)20(15)27/h3-7,10,13,15,19H,8-9,11-12H2,1-2H3,(H,24,28)(H,25,29). The van der Waals surface area contributed by atoms with E-state index in [1.54, 1.807) is 13.8 Å². The number of hydrogen-bond donors (Lipinski definition) is 2. The lowest BCUT2D eigenvalue weighted by molar-refractivity contribution is -0.141. The molecule has 2 aromatic rings. The Hall–Kier alpha value is -3.49. The van der Waals surface area contributed by atoms with Crippen LogP contribution in [0.5, 0.6) is 0 Å². The number of ether oxygens (including phenoxy) is 1. The number of aromatic nitrogens is 1. The van der Waals surface area contributed by atoms with Crippen LogP contribution in [0.15, 0.2) is 40.9 Å². The molecule has 2 bridgehead atoms. The molecular weight excluding hydrogens is 402 g/mol. The van der Waals surface area contributed by atoms with E-state index in [4.69, 9.17) is 9.15 Å². The van der Waals surface area contributed by atoms with E-state index in [-0.39, 0.29) is 37.7 Å². The Balaban J connectivity index is 1.64. The molecule has 3 rings (SSSR count). The van der Waals surface area contributed by atoms with E-state index in [9.17, 15) is 19.2 Å². The quantitative estimate of drug-likeness (QED) is 0.646. The fourth-order valence-electron chi connectivity index (χ4n) is 3.33. The molecule has 0 spiro atoms. The van der Waals surface area contributed by atoms with Crippen LogP contribution >= 0.6 is 0 Å². The zero-order chi connectivity index (χ0) is 22.4. The van der Waals surface area contributed by atoms with Gasteiger partial charge in [0.15, 0.2) is 5.78 Å². The molecule has 9 heteroatoms. The van der Waals surface area contributed by atoms with Crippen molar-refractivity contribution in [3.05, 3.63) is 53.7 Å². The molecular formula is C22H25N3O6. The number of hydrogen-bond acceptors (Lipinski definition) is 7. The van der Waals surface area contributed by atoms with Crippen LogP contribution < -0.4 is 10.6 Å². The minimum atomic E-state index is -0.908. The third-order valence-corrected chi connectivity index (χ3v) is 4.99. The molecule has 164 valence electrons. The first-order valence-electron chi connectivity index (χ1n) is 10.1. The third-order valence-electron chi connectivity index (χ3n) is 4.99. The topological polar surface area (TPSA) is 128 Å². The Morgan fingerprint density at radius 3 is 2.71 bits per heavy atom. The number of carbonyl (C=O) groups is 4. The second kappa shape index (κ2) is 10.0. The van der Waals surface area contributed by atoms with Crippen LogP contribution in [0.4, 0.5) is 4.79 Å². The van der Waals surface area contributed by atoms with Crippen molar-refractivity contribution in [2.24, 2.45) is 11.8 Å². The van der Waals surface area contributed by atoms with Gasteiger partial charge in [-0.25, -0.2) is 9.78 Å². The van der Waals surface area contributed by atoms with Gasteiger partial charge in [-0.05, 0) is 11.5 Å². The van der Waals surface area contributed by atoms with E-state index in [1.807, 2.05) is 30.3 Å². The Bertz CT molecular complexity index is 953. The highest BCUT2D eigenvalue weighted by Gasteiger charge is 2.34. The van der Waals surface area contributed by atoms with Crippen LogP contribution in [0.25, 0.3) is 0 Å². The molecule has 2 unspecified atom stereocenters. The zero-order valence-electron chi connectivity index (χ0n) is 17.4. The number of ketones is 2. The summed E-state index contributed by atoms with van der Waals surface area (Å²) in [5.74, 6) is -2.27. The average molecular weight is 427 g/mol. The largest absolute Gasteiger partial charge is 0.445 e. The number of oxazole rings is 1. The van der Waals surface area contributed by atoms with Gasteiger partial charge in [0.2, 0.25) is 11.7 Å². The molecule has 0 saturated carbocycles. The van der Waals surface area contributed by atoms with E-state index < -0.39 is 29.7 Å². The molecule has 1 aromatic carbocycles. The number of alkyl carbamates (subject to hydrolysis) is 1. The fraction of sp³-hybridized carbons (Fsp3) is 0.409. The lowest BCUT2D eigenvalue weighted by Crippen LogP contribution is -2.46. The Kier molecular flexibility index (Phi) is 7.17. The molecule has 2 N–H and O–H groups in total. The lowest BCUT2D eigenvalue weighted by atomic mass is 9.87. The second-order valence-corrected chi connectivity index (χ2v) is 7.77. The minimum Gasteiger partial charge on any atom is -0.445 e. The first kappa shape index (κ1) is 22.2. The van der Waals surface area contributed by atoms with Crippen LogP contribution in [-0.2, 0) is 38.7 Å². The van der Waals surface area contributed by atoms with Crippen LogP contribution in [0.2, 0.25) is 0 Å². The predicted octanol–water partition coefficient (Wildman–Crippen LogP) is 1.94. The monoisotopic (exact) mass is 427 g/mol. The number of benzene rings is 1. The van der Waals surface area contributed by atoms with E-state index in [2.05, 4.69) is 15.6 Å². The van der Waals surface area contributed by atoms with Crippen LogP contribution in [-0.4, -0.2) is 34.6 Å². The van der Waals surface area contributed by atoms with Gasteiger partial charge in [0, 0.05) is 18.8 Å². The highest BCUT2D eigenvalue weighted by molar-refractivity contribution is 6.37. The molecule has 1 aromatic heterocycles. The molecule has 9 nitrogen and oxygen atoms in total. The second-order valence-electron chi connectivity index (χ2n) is 7.77. The SMILES string of the molecule is CC(C)C(NC(=O)OCc1ccccc1)C(=O)CC1Cc2cnc(o2)CNC(=O)C1=O. The summed E-state index contributed by atoms with van der Waals surface area (Å²) in [6.07, 6.45) is 0.615. The van der Waals surface area contributed by atoms with Crippen molar-refractivity contribution in [2.75, 3.05) is 0 Å². The highest BCUT2D eigenvalue weighted by atomic mass is 16.5. The maximum atomic E-state index is 13.0. The lowest BCUT2D eigenvalue weighted by Gasteiger charge is -2.23. The Labute approximate surface area is 179 Å². The molecule has 31 heavy (non-hydrogen) atoms. The summed E-state index contributed by atoms with van der Waals surface area (Å²) < 4.78 is 10.7. The molecule has 2 heterocycles. The first-order chi connectivity index (χ1) is 14.8. The number of nitrogens with zero attached hydrogens (tertiary/aromatic N) is 1. The van der Waals surface area contributed by atoms with E-state index in [0.29, 0.717) is 11.7 Å². The van der Waals surface area contributed by atoms with Crippen molar-refractivity contribution in [3.63, 3.8) is 0 Å². The molecule has 2 atom stereocenters. The van der Waals surface area contributed by atoms with Crippen molar-refractivity contribution in [2.45, 2.75) is 45.9 Å². The van der Waals surface area contributed by atoms with Gasteiger partial charge in [-0.15, -0.1) is 0 Å². The fourth-order valence-corrected chi connectivity index (χ4v) is 3.33. The summed E-state index contributed by atoms with van der Waals surface area (Å²) in [6.45, 7) is 3.64. The summed E-state index contributed by atoms with van der Waals surface area (Å²) in [6, 6.07) is 8.30. The normalized spacial score (nSPS) is 17.2. The molecule has 0 radical (unpaired) electrons. The van der Waals surface area contributed by atoms with Crippen molar-refractivity contribution in [1.29, 1.82) is 0 Å². The first-order valence-corrected chi connectivity index (χ1v) is 10.1. The van der Waals surface area contributed by atoms with Gasteiger partial charge in [-0.1, -0.05) is 44.2 Å². The molecule has 2 amide bonds. The Morgan fingerprint density at radius 1 is 1.26 bits per heavy atom. The summed E-state index contributed by atoms with van der Waals surface area (Å²) >= 11 is 0. The van der Waals surface area contributed by atoms with Gasteiger partial charge in [0.05, 0.1) is 18.8 Å². The smallest absolute Gasteiger partial charge is 0.408 e. The number of nitrogens with one attached hydrogen (secondary N) is 2. The zero-order valence-corrected chi connectivity index (χ0v) is 17.4. The maximum Gasteiger partial charge on any atom is 0.408 e. The van der Waals surface area contributed by atoms with Gasteiger partial charge in [0.1, 0.15) is 12.4 Å². The van der Waals surface area contributed by atoms with Gasteiger partial charge in [-0.2, -0.15) is 0 Å². The van der Waals surface area contributed by atoms with Crippen molar-refractivity contribution >= 4 is 23.6 Å². The van der Waals surface area contributed by atoms with Crippen molar-refractivity contribution in [3.8, 4) is 0 Å². The number of Topliss-reactive ketones (excluding diaryl/α,β-unsaturated/α-hetero) is 2. The van der Waals surface area contributed by atoms with Gasteiger partial charge < -0.3 is 19.8 Å². The van der Waals surface area contributed by atoms with Crippen LogP contribution in [0.1, 0.15) is 37.5 Å².